The number of likely N-dealkylation sites (tertiary alicyclic amines) is 1. The van der Waals surface area contributed by atoms with E-state index in [4.69, 9.17) is 32.7 Å². The maximum atomic E-state index is 13.4. The first-order valence-corrected chi connectivity index (χ1v) is 13.9. The highest BCUT2D eigenvalue weighted by Gasteiger charge is 2.46. The fourth-order valence-corrected chi connectivity index (χ4v) is 5.40. The van der Waals surface area contributed by atoms with Gasteiger partial charge < -0.3 is 19.5 Å². The second-order valence-electron chi connectivity index (χ2n) is 9.87. The molecule has 0 spiro atoms. The van der Waals surface area contributed by atoms with E-state index in [0.717, 1.165) is 18.7 Å². The SMILES string of the molecule is Cc1cc(OCc2ccccc2)ccc1/C(O)=C1\C(=O)C(=O)N(CCN2CCOCC2)[C@@H]1c1ccc(Cl)c(Cl)c1. The highest BCUT2D eigenvalue weighted by molar-refractivity contribution is 6.47. The Morgan fingerprint density at radius 1 is 0.975 bits per heavy atom. The van der Waals surface area contributed by atoms with E-state index in [2.05, 4.69) is 4.90 Å². The van der Waals surface area contributed by atoms with Gasteiger partial charge in [0.25, 0.3) is 11.7 Å². The molecule has 0 saturated carbocycles. The zero-order valence-electron chi connectivity index (χ0n) is 22.1. The molecule has 1 N–H and O–H groups in total. The topological polar surface area (TPSA) is 79.3 Å². The predicted octanol–water partition coefficient (Wildman–Crippen LogP) is 5.63. The number of ether oxygens (including phenoxy) is 2. The number of ketones is 1. The quantitative estimate of drug-likeness (QED) is 0.211. The Morgan fingerprint density at radius 3 is 2.42 bits per heavy atom. The van der Waals surface area contributed by atoms with Crippen LogP contribution in [0.2, 0.25) is 10.0 Å². The van der Waals surface area contributed by atoms with E-state index in [9.17, 15) is 14.7 Å². The van der Waals surface area contributed by atoms with E-state index in [-0.39, 0.29) is 11.3 Å². The molecule has 5 rings (SSSR count). The van der Waals surface area contributed by atoms with Gasteiger partial charge in [0.05, 0.1) is 34.9 Å². The first-order chi connectivity index (χ1) is 19.3. The van der Waals surface area contributed by atoms with Crippen LogP contribution in [-0.2, 0) is 20.9 Å². The number of Topliss-reactive ketones (excluding diaryl/α,β-unsaturated/α-hetero) is 1. The van der Waals surface area contributed by atoms with Crippen molar-refractivity contribution in [2.24, 2.45) is 0 Å². The summed E-state index contributed by atoms with van der Waals surface area (Å²) >= 11 is 12.5. The minimum atomic E-state index is -0.816. The van der Waals surface area contributed by atoms with Crippen LogP contribution >= 0.6 is 23.2 Å². The van der Waals surface area contributed by atoms with Crippen molar-refractivity contribution in [2.45, 2.75) is 19.6 Å². The molecule has 2 fully saturated rings. The number of amides is 1. The molecule has 9 heteroatoms. The molecule has 208 valence electrons. The van der Waals surface area contributed by atoms with Crippen LogP contribution in [0.3, 0.4) is 0 Å². The number of carbonyl (C=O) groups is 2. The third-order valence-electron chi connectivity index (χ3n) is 7.26. The summed E-state index contributed by atoms with van der Waals surface area (Å²) in [6.45, 7) is 5.85. The van der Waals surface area contributed by atoms with Gasteiger partial charge in [-0.1, -0.05) is 59.6 Å². The molecule has 2 aliphatic rings. The lowest BCUT2D eigenvalue weighted by molar-refractivity contribution is -0.140. The summed E-state index contributed by atoms with van der Waals surface area (Å²) in [4.78, 5) is 30.5. The van der Waals surface area contributed by atoms with Crippen molar-refractivity contribution >= 4 is 40.7 Å². The number of benzene rings is 3. The van der Waals surface area contributed by atoms with Crippen LogP contribution in [0.15, 0.2) is 72.3 Å². The van der Waals surface area contributed by atoms with Crippen LogP contribution in [0, 0.1) is 6.92 Å². The number of aliphatic hydroxyl groups excluding tert-OH is 1. The normalized spacial score (nSPS) is 19.3. The van der Waals surface area contributed by atoms with Gasteiger partial charge in [0.2, 0.25) is 0 Å². The van der Waals surface area contributed by atoms with Gasteiger partial charge in [0.1, 0.15) is 18.1 Å². The van der Waals surface area contributed by atoms with Gasteiger partial charge in [-0.2, -0.15) is 0 Å². The number of hydrogen-bond donors (Lipinski definition) is 1. The number of nitrogens with zero attached hydrogens (tertiary/aromatic N) is 2. The van der Waals surface area contributed by atoms with Gasteiger partial charge in [-0.05, 0) is 53.9 Å². The van der Waals surface area contributed by atoms with E-state index in [1.54, 1.807) is 36.4 Å². The first kappa shape index (κ1) is 28.2. The zero-order valence-corrected chi connectivity index (χ0v) is 23.6. The largest absolute Gasteiger partial charge is 0.507 e. The molecule has 0 aromatic heterocycles. The number of morpholine rings is 1. The summed E-state index contributed by atoms with van der Waals surface area (Å²) in [6.07, 6.45) is 0. The van der Waals surface area contributed by atoms with Gasteiger partial charge >= 0.3 is 0 Å². The van der Waals surface area contributed by atoms with Gasteiger partial charge in [-0.15, -0.1) is 0 Å². The molecule has 2 aliphatic heterocycles. The molecular formula is C31H30Cl2N2O5. The molecule has 2 saturated heterocycles. The summed E-state index contributed by atoms with van der Waals surface area (Å²) in [5.74, 6) is -1.01. The van der Waals surface area contributed by atoms with Crippen LogP contribution in [0.5, 0.6) is 5.75 Å². The Bertz CT molecular complexity index is 1440. The van der Waals surface area contributed by atoms with Crippen LogP contribution in [0.4, 0.5) is 0 Å². The summed E-state index contributed by atoms with van der Waals surface area (Å²) in [5.41, 5.74) is 2.80. The molecule has 7 nitrogen and oxygen atoms in total. The number of carbonyl (C=O) groups excluding carboxylic acids is 2. The summed E-state index contributed by atoms with van der Waals surface area (Å²) in [7, 11) is 0. The van der Waals surface area contributed by atoms with E-state index in [1.807, 2.05) is 37.3 Å². The number of aryl methyl sites for hydroxylation is 1. The van der Waals surface area contributed by atoms with Crippen molar-refractivity contribution in [1.82, 2.24) is 9.80 Å². The predicted molar refractivity (Wildman–Crippen MR) is 155 cm³/mol. The van der Waals surface area contributed by atoms with Gasteiger partial charge in [0.15, 0.2) is 0 Å². The highest BCUT2D eigenvalue weighted by Crippen LogP contribution is 2.41. The minimum absolute atomic E-state index is 0.0198. The Morgan fingerprint density at radius 2 is 1.73 bits per heavy atom. The standard InChI is InChI=1S/C31H30Cl2N2O5/c1-20-17-23(40-19-21-5-3-2-4-6-21)8-9-24(20)29(36)27-28(22-7-10-25(32)26(33)18-22)35(31(38)30(27)37)12-11-34-13-15-39-16-14-34/h2-10,17-18,28,36H,11-16,19H2,1H3/b29-27+/t28-/m1/s1. The number of aliphatic hydroxyl groups is 1. The number of rotatable bonds is 8. The maximum Gasteiger partial charge on any atom is 0.295 e. The summed E-state index contributed by atoms with van der Waals surface area (Å²) in [6, 6.07) is 19.3. The second kappa shape index (κ2) is 12.4. The molecule has 40 heavy (non-hydrogen) atoms. The van der Waals surface area contributed by atoms with E-state index in [0.29, 0.717) is 65.4 Å². The molecule has 3 aromatic rings. The molecule has 0 bridgehead atoms. The maximum absolute atomic E-state index is 13.4. The molecule has 1 amide bonds. The third kappa shape index (κ3) is 6.03. The van der Waals surface area contributed by atoms with Gasteiger partial charge in [-0.3, -0.25) is 14.5 Å². The lowest BCUT2D eigenvalue weighted by atomic mass is 9.94. The van der Waals surface area contributed by atoms with Crippen LogP contribution in [0.1, 0.15) is 28.3 Å². The fraction of sp³-hybridized carbons (Fsp3) is 0.290. The fourth-order valence-electron chi connectivity index (χ4n) is 5.09. The van der Waals surface area contributed by atoms with E-state index in [1.165, 1.54) is 4.90 Å². The van der Waals surface area contributed by atoms with Crippen molar-refractivity contribution in [3.8, 4) is 5.75 Å². The van der Waals surface area contributed by atoms with Crippen molar-refractivity contribution in [3.05, 3.63) is 105 Å². The molecule has 0 aliphatic carbocycles. The third-order valence-corrected chi connectivity index (χ3v) is 8.00. The summed E-state index contributed by atoms with van der Waals surface area (Å²) in [5, 5.41) is 12.2. The van der Waals surface area contributed by atoms with E-state index >= 15 is 0 Å². The van der Waals surface area contributed by atoms with Crippen LogP contribution < -0.4 is 4.74 Å². The lowest BCUT2D eigenvalue weighted by Crippen LogP contribution is -2.42. The first-order valence-electron chi connectivity index (χ1n) is 13.1. The van der Waals surface area contributed by atoms with Gasteiger partial charge in [-0.25, -0.2) is 0 Å². The summed E-state index contributed by atoms with van der Waals surface area (Å²) < 4.78 is 11.4. The van der Waals surface area contributed by atoms with Crippen LogP contribution in [-0.4, -0.2) is 66.0 Å². The monoisotopic (exact) mass is 580 g/mol. The Labute approximate surface area is 243 Å². The van der Waals surface area contributed by atoms with Gasteiger partial charge in [0, 0.05) is 31.7 Å². The Balaban J connectivity index is 1.47. The molecule has 0 radical (unpaired) electrons. The van der Waals surface area contributed by atoms with E-state index < -0.39 is 17.7 Å². The minimum Gasteiger partial charge on any atom is -0.507 e. The van der Waals surface area contributed by atoms with Crippen molar-refractivity contribution < 1.29 is 24.2 Å². The van der Waals surface area contributed by atoms with Crippen LogP contribution in [0.25, 0.3) is 5.76 Å². The molecule has 2 heterocycles. The molecular weight excluding hydrogens is 551 g/mol. The average molecular weight is 581 g/mol. The van der Waals surface area contributed by atoms with Crippen molar-refractivity contribution in [2.75, 3.05) is 39.4 Å². The zero-order chi connectivity index (χ0) is 28.2. The van der Waals surface area contributed by atoms with Crippen molar-refractivity contribution in [1.29, 1.82) is 0 Å². The number of hydrogen-bond acceptors (Lipinski definition) is 6. The van der Waals surface area contributed by atoms with Crippen molar-refractivity contribution in [3.63, 3.8) is 0 Å². The Kier molecular flexibility index (Phi) is 8.76. The number of halogens is 2. The second-order valence-corrected chi connectivity index (χ2v) is 10.7. The molecule has 1 atom stereocenters. The average Bonchev–Trinajstić information content (AvgIpc) is 3.22. The smallest absolute Gasteiger partial charge is 0.295 e. The lowest BCUT2D eigenvalue weighted by Gasteiger charge is -2.31. The molecule has 0 unspecified atom stereocenters. The Hall–Kier alpha value is -3.36. The highest BCUT2D eigenvalue weighted by atomic mass is 35.5. The molecule has 3 aromatic carbocycles.